The minimum atomic E-state index is -1.77. The number of nitrogens with zero attached hydrogens (tertiary/aromatic N) is 3. The Morgan fingerprint density at radius 2 is 1.87 bits per heavy atom. The Morgan fingerprint density at radius 3 is 2.45 bits per heavy atom. The molecule has 4 rings (SSSR count). The van der Waals surface area contributed by atoms with Crippen molar-refractivity contribution in [2.75, 3.05) is 23.7 Å². The Balaban J connectivity index is 2.16. The first-order chi connectivity index (χ1) is 14.5. The number of fused-ring (bicyclic) bond motifs is 1. The van der Waals surface area contributed by atoms with Crippen molar-refractivity contribution < 1.29 is 27.5 Å². The minimum Gasteiger partial charge on any atom is -0.477 e. The van der Waals surface area contributed by atoms with Crippen LogP contribution in [0.4, 0.5) is 28.9 Å². The summed E-state index contributed by atoms with van der Waals surface area (Å²) in [5.41, 5.74) is 7.14. The maximum atomic E-state index is 14.8. The van der Waals surface area contributed by atoms with E-state index in [9.17, 15) is 32.3 Å². The average molecular weight is 458 g/mol. The van der Waals surface area contributed by atoms with Crippen molar-refractivity contribution in [1.82, 2.24) is 9.55 Å². The molecule has 0 aliphatic carbocycles. The molecule has 0 atom stereocenters. The third kappa shape index (κ3) is 3.06. The molecular formula is C18H12ClF4N5O3. The van der Waals surface area contributed by atoms with Gasteiger partial charge in [-0.2, -0.15) is 13.8 Å². The van der Waals surface area contributed by atoms with Crippen molar-refractivity contribution in [1.29, 1.82) is 0 Å². The molecule has 1 aromatic carbocycles. The predicted molar refractivity (Wildman–Crippen MR) is 104 cm³/mol. The highest BCUT2D eigenvalue weighted by molar-refractivity contribution is 6.38. The minimum absolute atomic E-state index is 0.178. The van der Waals surface area contributed by atoms with E-state index in [1.807, 2.05) is 0 Å². The summed E-state index contributed by atoms with van der Waals surface area (Å²) in [7, 11) is 0. The van der Waals surface area contributed by atoms with Gasteiger partial charge in [0.2, 0.25) is 11.2 Å². The number of hydrogen-bond donors (Lipinski definition) is 3. The molecule has 1 saturated heterocycles. The van der Waals surface area contributed by atoms with Gasteiger partial charge in [-0.1, -0.05) is 11.6 Å². The Labute approximate surface area is 175 Å². The number of halogens is 5. The molecule has 2 aromatic heterocycles. The number of carbonyl (C=O) groups is 1. The van der Waals surface area contributed by atoms with Crippen LogP contribution in [-0.4, -0.2) is 39.8 Å². The SMILES string of the molecule is Nc1c(F)c(F)nc(-n2cc(C(=O)O)c(=O)c3cc(F)c(N4CC(N)C4)c(Cl)c32)c1F. The summed E-state index contributed by atoms with van der Waals surface area (Å²) in [5.74, 6) is -8.71. The molecule has 5 N–H and O–H groups in total. The first-order valence-corrected chi connectivity index (χ1v) is 9.02. The monoisotopic (exact) mass is 457 g/mol. The number of anilines is 2. The number of aromatic nitrogens is 2. The summed E-state index contributed by atoms with van der Waals surface area (Å²) in [6.45, 7) is 0.453. The lowest BCUT2D eigenvalue weighted by atomic mass is 10.1. The summed E-state index contributed by atoms with van der Waals surface area (Å²) < 4.78 is 57.6. The summed E-state index contributed by atoms with van der Waals surface area (Å²) >= 11 is 6.35. The van der Waals surface area contributed by atoms with Crippen molar-refractivity contribution in [3.8, 4) is 5.82 Å². The largest absolute Gasteiger partial charge is 0.477 e. The molecule has 8 nitrogen and oxygen atoms in total. The van der Waals surface area contributed by atoms with Gasteiger partial charge in [-0.15, -0.1) is 0 Å². The second-order valence-electron chi connectivity index (χ2n) is 6.90. The molecule has 162 valence electrons. The molecule has 0 unspecified atom stereocenters. The van der Waals surface area contributed by atoms with Gasteiger partial charge in [0.05, 0.1) is 21.6 Å². The molecule has 3 aromatic rings. The van der Waals surface area contributed by atoms with Crippen LogP contribution in [0.15, 0.2) is 17.1 Å². The summed E-state index contributed by atoms with van der Waals surface area (Å²) in [6.07, 6.45) is 0.630. The van der Waals surface area contributed by atoms with Crippen LogP contribution in [0.2, 0.25) is 5.02 Å². The molecule has 0 radical (unpaired) electrons. The smallest absolute Gasteiger partial charge is 0.341 e. The van der Waals surface area contributed by atoms with Crippen molar-refractivity contribution in [2.45, 2.75) is 6.04 Å². The third-order valence-electron chi connectivity index (χ3n) is 4.90. The number of aromatic carboxylic acids is 1. The maximum absolute atomic E-state index is 14.8. The zero-order valence-corrected chi connectivity index (χ0v) is 16.1. The van der Waals surface area contributed by atoms with Gasteiger partial charge in [0, 0.05) is 25.3 Å². The number of carboxylic acid groups (broad SMARTS) is 1. The summed E-state index contributed by atoms with van der Waals surface area (Å²) in [6, 6.07) is 0.472. The molecule has 13 heteroatoms. The van der Waals surface area contributed by atoms with Crippen molar-refractivity contribution in [3.63, 3.8) is 0 Å². The zero-order chi connectivity index (χ0) is 22.8. The maximum Gasteiger partial charge on any atom is 0.341 e. The van der Waals surface area contributed by atoms with E-state index in [0.29, 0.717) is 10.8 Å². The van der Waals surface area contributed by atoms with Crippen molar-refractivity contribution in [2.24, 2.45) is 5.73 Å². The highest BCUT2D eigenvalue weighted by Gasteiger charge is 2.31. The number of nitrogen functional groups attached to an aromatic ring is 1. The van der Waals surface area contributed by atoms with Gasteiger partial charge in [-0.05, 0) is 6.07 Å². The molecule has 1 fully saturated rings. The Bertz CT molecular complexity index is 1340. The average Bonchev–Trinajstić information content (AvgIpc) is 2.68. The molecule has 31 heavy (non-hydrogen) atoms. The van der Waals surface area contributed by atoms with Crippen molar-refractivity contribution >= 4 is 39.8 Å². The molecule has 0 spiro atoms. The van der Waals surface area contributed by atoms with E-state index in [2.05, 4.69) is 4.98 Å². The van der Waals surface area contributed by atoms with E-state index in [0.717, 1.165) is 6.07 Å². The van der Waals surface area contributed by atoms with E-state index in [1.165, 1.54) is 4.90 Å². The number of nitrogens with two attached hydrogens (primary N) is 2. The highest BCUT2D eigenvalue weighted by atomic mass is 35.5. The lowest BCUT2D eigenvalue weighted by molar-refractivity contribution is 0.0695. The standard InChI is InChI=1S/C18H12ClF4N5O3/c19-9-13-6(1-8(20)14(9)27-2-5(24)3-27)15(29)7(18(30)31)4-28(13)17-11(22)12(25)10(21)16(23)26-17/h1,4-5H,2-3,24H2,(H2,25,26)(H,30,31). The number of pyridine rings is 2. The molecule has 3 heterocycles. The topological polar surface area (TPSA) is 127 Å². The molecule has 1 aliphatic rings. The van der Waals surface area contributed by atoms with E-state index >= 15 is 0 Å². The fourth-order valence-electron chi connectivity index (χ4n) is 3.39. The van der Waals surface area contributed by atoms with E-state index in [4.69, 9.17) is 23.1 Å². The predicted octanol–water partition coefficient (Wildman–Crippen LogP) is 2.02. The van der Waals surface area contributed by atoms with Crippen LogP contribution >= 0.6 is 11.6 Å². The number of rotatable bonds is 3. The van der Waals surface area contributed by atoms with Gasteiger partial charge in [-0.3, -0.25) is 9.36 Å². The molecular weight excluding hydrogens is 446 g/mol. The van der Waals surface area contributed by atoms with Gasteiger partial charge in [-0.25, -0.2) is 13.6 Å². The normalized spacial score (nSPS) is 14.2. The van der Waals surface area contributed by atoms with E-state index in [1.54, 1.807) is 0 Å². The third-order valence-corrected chi connectivity index (χ3v) is 5.25. The lowest BCUT2D eigenvalue weighted by Crippen LogP contribution is -2.56. The molecule has 0 bridgehead atoms. The van der Waals surface area contributed by atoms with Crippen LogP contribution in [0, 0.1) is 23.4 Å². The lowest BCUT2D eigenvalue weighted by Gasteiger charge is -2.39. The first kappa shape index (κ1) is 20.9. The fraction of sp³-hybridized carbons (Fsp3) is 0.167. The summed E-state index contributed by atoms with van der Waals surface area (Å²) in [4.78, 5) is 28.7. The second kappa shape index (κ2) is 7.10. The fourth-order valence-corrected chi connectivity index (χ4v) is 3.79. The quantitative estimate of drug-likeness (QED) is 0.405. The van der Waals surface area contributed by atoms with Crippen LogP contribution < -0.4 is 21.8 Å². The van der Waals surface area contributed by atoms with Crippen molar-refractivity contribution in [3.05, 3.63) is 56.5 Å². The van der Waals surface area contributed by atoms with E-state index < -0.39 is 62.3 Å². The van der Waals surface area contributed by atoms with Gasteiger partial charge >= 0.3 is 5.97 Å². The van der Waals surface area contributed by atoms with Crippen LogP contribution in [0.5, 0.6) is 0 Å². The highest BCUT2D eigenvalue weighted by Crippen LogP contribution is 2.38. The van der Waals surface area contributed by atoms with Crippen LogP contribution in [0.3, 0.4) is 0 Å². The molecule has 0 saturated carbocycles. The van der Waals surface area contributed by atoms with Crippen LogP contribution in [-0.2, 0) is 0 Å². The Kier molecular flexibility index (Phi) is 4.78. The molecule has 0 amide bonds. The summed E-state index contributed by atoms with van der Waals surface area (Å²) in [5, 5.41) is 8.40. The second-order valence-corrected chi connectivity index (χ2v) is 7.28. The number of benzene rings is 1. The van der Waals surface area contributed by atoms with Gasteiger partial charge < -0.3 is 21.5 Å². The Hall–Kier alpha value is -3.38. The molecule has 1 aliphatic heterocycles. The van der Waals surface area contributed by atoms with Gasteiger partial charge in [0.1, 0.15) is 17.1 Å². The van der Waals surface area contributed by atoms with E-state index in [-0.39, 0.29) is 30.3 Å². The van der Waals surface area contributed by atoms with Gasteiger partial charge in [0.25, 0.3) is 5.95 Å². The Morgan fingerprint density at radius 1 is 1.23 bits per heavy atom. The number of carboxylic acids is 1. The number of hydrogen-bond acceptors (Lipinski definition) is 6. The van der Waals surface area contributed by atoms with Crippen LogP contribution in [0.25, 0.3) is 16.7 Å². The van der Waals surface area contributed by atoms with Crippen LogP contribution in [0.1, 0.15) is 10.4 Å². The first-order valence-electron chi connectivity index (χ1n) is 8.64. The van der Waals surface area contributed by atoms with Gasteiger partial charge in [0.15, 0.2) is 11.6 Å². The zero-order valence-electron chi connectivity index (χ0n) is 15.3.